The van der Waals surface area contributed by atoms with Gasteiger partial charge in [0.15, 0.2) is 0 Å². The van der Waals surface area contributed by atoms with Gasteiger partial charge in [-0.2, -0.15) is 0 Å². The maximum absolute atomic E-state index is 11.8. The fraction of sp³-hybridized carbons (Fsp3) is 0.727. The molecular formula is C11H16N2O3. The van der Waals surface area contributed by atoms with E-state index >= 15 is 0 Å². The lowest BCUT2D eigenvalue weighted by Crippen LogP contribution is -2.53. The van der Waals surface area contributed by atoms with Crippen molar-refractivity contribution in [1.82, 2.24) is 10.2 Å². The molecule has 5 nitrogen and oxygen atoms in total. The molecule has 88 valence electrons. The molecule has 0 atom stereocenters. The Kier molecular flexibility index (Phi) is 3.22. The largest absolute Gasteiger partial charge is 0.324 e. The maximum Gasteiger partial charge on any atom is 0.246 e. The Hall–Kier alpha value is -1.39. The van der Waals surface area contributed by atoms with E-state index in [-0.39, 0.29) is 30.8 Å². The third-order valence-electron chi connectivity index (χ3n) is 3.24. The fourth-order valence-electron chi connectivity index (χ4n) is 2.40. The average Bonchev–Trinajstić information content (AvgIpc) is 2.68. The third-order valence-corrected chi connectivity index (χ3v) is 3.24. The predicted octanol–water partition coefficient (Wildman–Crippen LogP) is 0.0517. The quantitative estimate of drug-likeness (QED) is 0.674. The van der Waals surface area contributed by atoms with E-state index in [0.717, 1.165) is 12.8 Å². The van der Waals surface area contributed by atoms with Gasteiger partial charge in [-0.3, -0.25) is 19.7 Å². The van der Waals surface area contributed by atoms with Crippen LogP contribution in [-0.4, -0.2) is 35.7 Å². The van der Waals surface area contributed by atoms with Gasteiger partial charge in [0, 0.05) is 6.42 Å². The normalized spacial score (nSPS) is 22.4. The number of nitrogens with one attached hydrogen (secondary N) is 1. The monoisotopic (exact) mass is 224 g/mol. The van der Waals surface area contributed by atoms with Crippen molar-refractivity contribution in [2.24, 2.45) is 5.92 Å². The van der Waals surface area contributed by atoms with E-state index in [9.17, 15) is 14.4 Å². The van der Waals surface area contributed by atoms with E-state index in [2.05, 4.69) is 5.32 Å². The first-order valence-corrected chi connectivity index (χ1v) is 5.75. The van der Waals surface area contributed by atoms with E-state index in [1.807, 2.05) is 0 Å². The molecule has 1 N–H and O–H groups in total. The van der Waals surface area contributed by atoms with E-state index in [0.29, 0.717) is 12.3 Å². The van der Waals surface area contributed by atoms with Crippen molar-refractivity contribution >= 4 is 17.7 Å². The van der Waals surface area contributed by atoms with Crippen molar-refractivity contribution in [3.63, 3.8) is 0 Å². The van der Waals surface area contributed by atoms with Crippen LogP contribution < -0.4 is 5.32 Å². The molecule has 0 radical (unpaired) electrons. The van der Waals surface area contributed by atoms with Gasteiger partial charge in [-0.05, 0) is 18.8 Å². The van der Waals surface area contributed by atoms with Gasteiger partial charge in [-0.25, -0.2) is 0 Å². The number of amides is 3. The zero-order chi connectivity index (χ0) is 11.5. The van der Waals surface area contributed by atoms with Crippen LogP contribution in [0.4, 0.5) is 0 Å². The summed E-state index contributed by atoms with van der Waals surface area (Å²) in [5, 5.41) is 2.19. The fourth-order valence-corrected chi connectivity index (χ4v) is 2.40. The molecule has 16 heavy (non-hydrogen) atoms. The molecule has 1 saturated heterocycles. The number of hydrogen-bond acceptors (Lipinski definition) is 3. The van der Waals surface area contributed by atoms with Crippen molar-refractivity contribution in [3.8, 4) is 0 Å². The molecule has 0 aromatic heterocycles. The van der Waals surface area contributed by atoms with Gasteiger partial charge in [0.05, 0.1) is 0 Å². The Balaban J connectivity index is 1.88. The molecule has 0 aromatic rings. The second-order valence-corrected chi connectivity index (χ2v) is 4.58. The SMILES string of the molecule is O=C1CN(C(=O)CC2CCCC2)CC(=O)N1. The van der Waals surface area contributed by atoms with Gasteiger partial charge in [-0.15, -0.1) is 0 Å². The second kappa shape index (κ2) is 4.63. The zero-order valence-corrected chi connectivity index (χ0v) is 9.20. The number of imide groups is 1. The number of hydrogen-bond donors (Lipinski definition) is 1. The number of rotatable bonds is 2. The molecule has 0 spiro atoms. The molecule has 2 fully saturated rings. The molecule has 0 aromatic carbocycles. The lowest BCUT2D eigenvalue weighted by atomic mass is 10.0. The highest BCUT2D eigenvalue weighted by Gasteiger charge is 2.28. The molecule has 0 bridgehead atoms. The molecule has 1 heterocycles. The highest BCUT2D eigenvalue weighted by atomic mass is 16.2. The van der Waals surface area contributed by atoms with Crippen LogP contribution in [-0.2, 0) is 14.4 Å². The number of nitrogens with zero attached hydrogens (tertiary/aromatic N) is 1. The van der Waals surface area contributed by atoms with Crippen molar-refractivity contribution in [3.05, 3.63) is 0 Å². The van der Waals surface area contributed by atoms with E-state index in [4.69, 9.17) is 0 Å². The standard InChI is InChI=1S/C11H16N2O3/c14-9-6-13(7-10(15)12-9)11(16)5-8-3-1-2-4-8/h8H,1-7H2,(H,12,14,15). The summed E-state index contributed by atoms with van der Waals surface area (Å²) < 4.78 is 0. The van der Waals surface area contributed by atoms with Gasteiger partial charge in [-0.1, -0.05) is 12.8 Å². The summed E-state index contributed by atoms with van der Waals surface area (Å²) in [6.45, 7) is 0.0502. The predicted molar refractivity (Wildman–Crippen MR) is 56.3 cm³/mol. The summed E-state index contributed by atoms with van der Waals surface area (Å²) in [6, 6.07) is 0. The molecule has 3 amide bonds. The number of carbonyl (C=O) groups is 3. The van der Waals surface area contributed by atoms with Crippen LogP contribution >= 0.6 is 0 Å². The molecule has 1 aliphatic carbocycles. The Morgan fingerprint density at radius 1 is 1.19 bits per heavy atom. The van der Waals surface area contributed by atoms with Gasteiger partial charge >= 0.3 is 0 Å². The van der Waals surface area contributed by atoms with E-state index < -0.39 is 0 Å². The summed E-state index contributed by atoms with van der Waals surface area (Å²) in [6.07, 6.45) is 5.06. The Labute approximate surface area is 94.2 Å². The van der Waals surface area contributed by atoms with Crippen molar-refractivity contribution < 1.29 is 14.4 Å². The maximum atomic E-state index is 11.8. The van der Waals surface area contributed by atoms with E-state index in [1.54, 1.807) is 0 Å². The summed E-state index contributed by atoms with van der Waals surface area (Å²) in [5.74, 6) is -0.366. The van der Waals surface area contributed by atoms with Crippen LogP contribution in [0.1, 0.15) is 32.1 Å². The molecule has 2 aliphatic rings. The topological polar surface area (TPSA) is 66.5 Å². The van der Waals surface area contributed by atoms with Gasteiger partial charge in [0.2, 0.25) is 17.7 Å². The number of carbonyl (C=O) groups excluding carboxylic acids is 3. The van der Waals surface area contributed by atoms with Gasteiger partial charge in [0.1, 0.15) is 13.1 Å². The minimum Gasteiger partial charge on any atom is -0.324 e. The van der Waals surface area contributed by atoms with Crippen molar-refractivity contribution in [2.75, 3.05) is 13.1 Å². The smallest absolute Gasteiger partial charge is 0.246 e. The minimum atomic E-state index is -0.379. The van der Waals surface area contributed by atoms with E-state index in [1.165, 1.54) is 17.7 Å². The summed E-state index contributed by atoms with van der Waals surface area (Å²) in [7, 11) is 0. The first-order valence-electron chi connectivity index (χ1n) is 5.75. The first kappa shape index (κ1) is 11.1. The van der Waals surface area contributed by atoms with Crippen LogP contribution in [0.25, 0.3) is 0 Å². The second-order valence-electron chi connectivity index (χ2n) is 4.58. The Morgan fingerprint density at radius 2 is 1.75 bits per heavy atom. The molecular weight excluding hydrogens is 208 g/mol. The number of piperazine rings is 1. The lowest BCUT2D eigenvalue weighted by molar-refractivity contribution is -0.145. The van der Waals surface area contributed by atoms with Crippen LogP contribution in [0.3, 0.4) is 0 Å². The highest BCUT2D eigenvalue weighted by molar-refractivity contribution is 6.02. The third kappa shape index (κ3) is 2.59. The summed E-state index contributed by atoms with van der Waals surface area (Å²) >= 11 is 0. The summed E-state index contributed by atoms with van der Waals surface area (Å²) in [4.78, 5) is 35.4. The van der Waals surface area contributed by atoms with Crippen molar-refractivity contribution in [1.29, 1.82) is 0 Å². The molecule has 0 unspecified atom stereocenters. The van der Waals surface area contributed by atoms with Gasteiger partial charge in [0.25, 0.3) is 0 Å². The van der Waals surface area contributed by atoms with Crippen molar-refractivity contribution in [2.45, 2.75) is 32.1 Å². The van der Waals surface area contributed by atoms with Gasteiger partial charge < -0.3 is 4.90 Å². The van der Waals surface area contributed by atoms with Crippen LogP contribution in [0.5, 0.6) is 0 Å². The first-order chi connectivity index (χ1) is 7.65. The van der Waals surface area contributed by atoms with Crippen LogP contribution in [0.2, 0.25) is 0 Å². The van der Waals surface area contributed by atoms with Crippen LogP contribution in [0.15, 0.2) is 0 Å². The Morgan fingerprint density at radius 3 is 2.31 bits per heavy atom. The highest BCUT2D eigenvalue weighted by Crippen LogP contribution is 2.28. The zero-order valence-electron chi connectivity index (χ0n) is 9.20. The molecule has 1 aliphatic heterocycles. The minimum absolute atomic E-state index is 0.0251. The molecule has 2 rings (SSSR count). The van der Waals surface area contributed by atoms with Crippen LogP contribution in [0, 0.1) is 5.92 Å². The lowest BCUT2D eigenvalue weighted by Gasteiger charge is -2.26. The molecule has 1 saturated carbocycles. The molecule has 5 heteroatoms. The summed E-state index contributed by atoms with van der Waals surface area (Å²) in [5.41, 5.74) is 0. The average molecular weight is 224 g/mol. The Bertz CT molecular complexity index is 305.